The molecular formula is C18H24N4O. The quantitative estimate of drug-likeness (QED) is 0.832. The van der Waals surface area contributed by atoms with Gasteiger partial charge in [0.15, 0.2) is 0 Å². The van der Waals surface area contributed by atoms with E-state index in [1.807, 2.05) is 18.5 Å². The second-order valence-corrected chi connectivity index (χ2v) is 6.38. The molecule has 23 heavy (non-hydrogen) atoms. The van der Waals surface area contributed by atoms with Gasteiger partial charge in [-0.3, -0.25) is 9.48 Å². The van der Waals surface area contributed by atoms with E-state index < -0.39 is 0 Å². The van der Waals surface area contributed by atoms with Gasteiger partial charge in [-0.25, -0.2) is 4.98 Å². The Bertz CT molecular complexity index is 667. The number of hydrogen-bond donors (Lipinski definition) is 1. The van der Waals surface area contributed by atoms with Crippen LogP contribution in [0, 0.1) is 19.8 Å². The number of aromatic nitrogens is 3. The molecule has 0 saturated heterocycles. The predicted molar refractivity (Wildman–Crippen MR) is 89.1 cm³/mol. The van der Waals surface area contributed by atoms with Crippen molar-refractivity contribution >= 4 is 5.91 Å². The Balaban J connectivity index is 1.37. The molecule has 122 valence electrons. The molecule has 5 heteroatoms. The third-order valence-corrected chi connectivity index (χ3v) is 4.44. The Hall–Kier alpha value is -2.17. The minimum absolute atomic E-state index is 0.161. The minimum Gasteiger partial charge on any atom is -0.356 e. The highest BCUT2D eigenvalue weighted by molar-refractivity contribution is 5.76. The molecule has 1 amide bonds. The zero-order valence-corrected chi connectivity index (χ0v) is 13.9. The maximum Gasteiger partial charge on any atom is 0.220 e. The third-order valence-electron chi connectivity index (χ3n) is 4.44. The molecule has 0 unspecified atom stereocenters. The van der Waals surface area contributed by atoms with E-state index in [1.165, 1.54) is 11.1 Å². The van der Waals surface area contributed by atoms with Crippen molar-refractivity contribution in [2.45, 2.75) is 46.1 Å². The highest BCUT2D eigenvalue weighted by atomic mass is 16.1. The van der Waals surface area contributed by atoms with E-state index in [0.29, 0.717) is 18.9 Å². The van der Waals surface area contributed by atoms with Crippen LogP contribution in [-0.2, 0) is 24.2 Å². The number of carbonyl (C=O) groups is 1. The van der Waals surface area contributed by atoms with Crippen molar-refractivity contribution in [1.82, 2.24) is 20.1 Å². The first-order valence-corrected chi connectivity index (χ1v) is 8.33. The van der Waals surface area contributed by atoms with Gasteiger partial charge in [-0.1, -0.05) is 24.3 Å². The topological polar surface area (TPSA) is 59.8 Å². The maximum absolute atomic E-state index is 12.1. The maximum atomic E-state index is 12.1. The summed E-state index contributed by atoms with van der Waals surface area (Å²) >= 11 is 0. The van der Waals surface area contributed by atoms with Gasteiger partial charge in [-0.05, 0) is 50.2 Å². The van der Waals surface area contributed by atoms with Gasteiger partial charge in [-0.15, -0.1) is 0 Å². The molecule has 5 nitrogen and oxygen atoms in total. The zero-order valence-electron chi connectivity index (χ0n) is 13.9. The molecule has 1 aliphatic rings. The monoisotopic (exact) mass is 312 g/mol. The van der Waals surface area contributed by atoms with Crippen LogP contribution in [0.3, 0.4) is 0 Å². The molecule has 0 aliphatic heterocycles. The Morgan fingerprint density at radius 2 is 1.96 bits per heavy atom. The molecule has 3 rings (SSSR count). The fourth-order valence-electron chi connectivity index (χ4n) is 3.36. The number of hydrogen-bond acceptors (Lipinski definition) is 3. The Morgan fingerprint density at radius 1 is 1.26 bits per heavy atom. The summed E-state index contributed by atoms with van der Waals surface area (Å²) in [6.45, 7) is 5.33. The van der Waals surface area contributed by atoms with Crippen LogP contribution in [0.2, 0.25) is 0 Å². The van der Waals surface area contributed by atoms with Crippen molar-refractivity contribution in [3.05, 3.63) is 47.0 Å². The van der Waals surface area contributed by atoms with E-state index in [0.717, 1.165) is 37.5 Å². The lowest BCUT2D eigenvalue weighted by Crippen LogP contribution is -2.27. The number of benzene rings is 1. The van der Waals surface area contributed by atoms with E-state index in [-0.39, 0.29) is 5.91 Å². The highest BCUT2D eigenvalue weighted by Gasteiger charge is 2.22. The van der Waals surface area contributed by atoms with Gasteiger partial charge in [0.1, 0.15) is 11.6 Å². The molecule has 0 saturated carbocycles. The van der Waals surface area contributed by atoms with Crippen molar-refractivity contribution in [2.75, 3.05) is 6.54 Å². The van der Waals surface area contributed by atoms with Gasteiger partial charge in [-0.2, -0.15) is 5.10 Å². The average molecular weight is 312 g/mol. The summed E-state index contributed by atoms with van der Waals surface area (Å²) in [6.07, 6.45) is 3.55. The van der Waals surface area contributed by atoms with E-state index in [2.05, 4.69) is 39.7 Å². The van der Waals surface area contributed by atoms with Crippen molar-refractivity contribution in [3.8, 4) is 0 Å². The van der Waals surface area contributed by atoms with E-state index in [4.69, 9.17) is 0 Å². The summed E-state index contributed by atoms with van der Waals surface area (Å²) in [5.74, 6) is 2.34. The van der Waals surface area contributed by atoms with Crippen LogP contribution in [0.5, 0.6) is 0 Å². The number of nitrogens with zero attached hydrogens (tertiary/aromatic N) is 3. The van der Waals surface area contributed by atoms with Crippen LogP contribution < -0.4 is 5.32 Å². The second kappa shape index (κ2) is 6.94. The summed E-state index contributed by atoms with van der Waals surface area (Å²) in [6, 6.07) is 8.51. The molecule has 0 spiro atoms. The molecule has 1 aromatic heterocycles. The van der Waals surface area contributed by atoms with E-state index in [9.17, 15) is 4.79 Å². The van der Waals surface area contributed by atoms with E-state index >= 15 is 0 Å². The highest BCUT2D eigenvalue weighted by Crippen LogP contribution is 2.28. The fraction of sp³-hybridized carbons (Fsp3) is 0.500. The van der Waals surface area contributed by atoms with Crippen LogP contribution in [0.4, 0.5) is 0 Å². The third kappa shape index (κ3) is 3.97. The number of aryl methyl sites for hydroxylation is 3. The van der Waals surface area contributed by atoms with Gasteiger partial charge in [0.2, 0.25) is 5.91 Å². The standard InChI is InChI=1S/C18H24N4O/c1-13-20-14(2)22(21-13)9-5-8-19-18(23)12-15-10-16-6-3-4-7-17(16)11-15/h3-4,6-7,15H,5,8-12H2,1-2H3,(H,19,23). The van der Waals surface area contributed by atoms with Crippen LogP contribution >= 0.6 is 0 Å². The van der Waals surface area contributed by atoms with Crippen molar-refractivity contribution in [2.24, 2.45) is 5.92 Å². The summed E-state index contributed by atoms with van der Waals surface area (Å²) in [5, 5.41) is 7.36. The first-order valence-electron chi connectivity index (χ1n) is 8.33. The number of rotatable bonds is 6. The van der Waals surface area contributed by atoms with Crippen LogP contribution in [0.15, 0.2) is 24.3 Å². The van der Waals surface area contributed by atoms with Crippen molar-refractivity contribution < 1.29 is 4.79 Å². The number of carbonyl (C=O) groups excluding carboxylic acids is 1. The summed E-state index contributed by atoms with van der Waals surface area (Å²) in [5.41, 5.74) is 2.81. The SMILES string of the molecule is Cc1nc(C)n(CCCNC(=O)CC2Cc3ccccc3C2)n1. The lowest BCUT2D eigenvalue weighted by Gasteiger charge is -2.10. The summed E-state index contributed by atoms with van der Waals surface area (Å²) in [4.78, 5) is 16.4. The molecule has 0 fully saturated rings. The average Bonchev–Trinajstić information content (AvgIpc) is 3.05. The van der Waals surface area contributed by atoms with Gasteiger partial charge < -0.3 is 5.32 Å². The van der Waals surface area contributed by atoms with Gasteiger partial charge in [0.25, 0.3) is 0 Å². The smallest absolute Gasteiger partial charge is 0.220 e. The number of nitrogens with one attached hydrogen (secondary N) is 1. The Morgan fingerprint density at radius 3 is 2.57 bits per heavy atom. The normalized spacial score (nSPS) is 14.0. The lowest BCUT2D eigenvalue weighted by atomic mass is 10.0. The number of amides is 1. The minimum atomic E-state index is 0.161. The molecule has 0 bridgehead atoms. The second-order valence-electron chi connectivity index (χ2n) is 6.38. The molecule has 2 aromatic rings. The van der Waals surface area contributed by atoms with Gasteiger partial charge in [0, 0.05) is 19.5 Å². The molecule has 0 atom stereocenters. The molecule has 0 radical (unpaired) electrons. The molecule has 1 aliphatic carbocycles. The van der Waals surface area contributed by atoms with Crippen LogP contribution in [0.25, 0.3) is 0 Å². The Labute approximate surface area is 137 Å². The zero-order chi connectivity index (χ0) is 16.2. The van der Waals surface area contributed by atoms with Crippen LogP contribution in [0.1, 0.15) is 35.6 Å². The molecule has 1 N–H and O–H groups in total. The summed E-state index contributed by atoms with van der Waals surface area (Å²) in [7, 11) is 0. The van der Waals surface area contributed by atoms with E-state index in [1.54, 1.807) is 0 Å². The van der Waals surface area contributed by atoms with Gasteiger partial charge >= 0.3 is 0 Å². The molecule has 1 heterocycles. The Kier molecular flexibility index (Phi) is 4.74. The van der Waals surface area contributed by atoms with Crippen molar-refractivity contribution in [1.29, 1.82) is 0 Å². The fourth-order valence-corrected chi connectivity index (χ4v) is 3.36. The predicted octanol–water partition coefficient (Wildman–Crippen LogP) is 2.21. The molecule has 1 aromatic carbocycles. The largest absolute Gasteiger partial charge is 0.356 e. The van der Waals surface area contributed by atoms with Crippen LogP contribution in [-0.4, -0.2) is 27.2 Å². The summed E-state index contributed by atoms with van der Waals surface area (Å²) < 4.78 is 1.90. The van der Waals surface area contributed by atoms with Gasteiger partial charge in [0.05, 0.1) is 0 Å². The number of fused-ring (bicyclic) bond motifs is 1. The first-order chi connectivity index (χ1) is 11.1. The lowest BCUT2D eigenvalue weighted by molar-refractivity contribution is -0.121. The van der Waals surface area contributed by atoms with Crippen molar-refractivity contribution in [3.63, 3.8) is 0 Å². The molecular weight excluding hydrogens is 288 g/mol. The first kappa shape index (κ1) is 15.7.